The van der Waals surface area contributed by atoms with Crippen LogP contribution in [0.2, 0.25) is 0 Å². The van der Waals surface area contributed by atoms with Crippen molar-refractivity contribution in [1.82, 2.24) is 9.97 Å². The number of methoxy groups -OCH3 is 1. The van der Waals surface area contributed by atoms with Crippen LogP contribution in [0.1, 0.15) is 18.5 Å². The van der Waals surface area contributed by atoms with E-state index in [-0.39, 0.29) is 6.04 Å². The molecule has 0 bridgehead atoms. The van der Waals surface area contributed by atoms with E-state index in [4.69, 9.17) is 4.74 Å². The lowest BCUT2D eigenvalue weighted by Crippen LogP contribution is -2.10. The third kappa shape index (κ3) is 2.79. The van der Waals surface area contributed by atoms with Gasteiger partial charge in [-0.05, 0) is 23.3 Å². The van der Waals surface area contributed by atoms with Gasteiger partial charge in [0.15, 0.2) is 0 Å². The van der Waals surface area contributed by atoms with E-state index < -0.39 is 0 Å². The number of benzene rings is 2. The first-order valence-corrected chi connectivity index (χ1v) is 6.89. The van der Waals surface area contributed by atoms with Crippen LogP contribution in [-0.2, 0) is 0 Å². The summed E-state index contributed by atoms with van der Waals surface area (Å²) in [5.74, 6) is 1.12. The molecule has 1 heterocycles. The van der Waals surface area contributed by atoms with Crippen LogP contribution < -0.4 is 10.1 Å². The van der Waals surface area contributed by atoms with Crippen molar-refractivity contribution >= 4 is 16.7 Å². The van der Waals surface area contributed by atoms with Crippen molar-refractivity contribution in [1.29, 1.82) is 0 Å². The minimum absolute atomic E-state index is 0.100. The van der Waals surface area contributed by atoms with Crippen LogP contribution >= 0.6 is 0 Å². The average molecular weight is 279 g/mol. The Morgan fingerprint density at radius 1 is 1.05 bits per heavy atom. The Bertz CT molecular complexity index is 752. The third-order valence-corrected chi connectivity index (χ3v) is 3.47. The number of hydrogen-bond donors (Lipinski definition) is 1. The van der Waals surface area contributed by atoms with Gasteiger partial charge in [0.25, 0.3) is 0 Å². The van der Waals surface area contributed by atoms with Gasteiger partial charge in [0.1, 0.15) is 0 Å². The normalized spacial score (nSPS) is 12.1. The summed E-state index contributed by atoms with van der Waals surface area (Å²) in [7, 11) is 1.60. The van der Waals surface area contributed by atoms with Crippen molar-refractivity contribution < 1.29 is 4.74 Å². The highest BCUT2D eigenvalue weighted by Gasteiger charge is 2.10. The van der Waals surface area contributed by atoms with E-state index in [9.17, 15) is 0 Å². The fourth-order valence-electron chi connectivity index (χ4n) is 2.42. The van der Waals surface area contributed by atoms with Gasteiger partial charge in [0, 0.05) is 12.3 Å². The summed E-state index contributed by atoms with van der Waals surface area (Å²) in [5.41, 5.74) is 1.22. The number of ether oxygens (including phenoxy) is 1. The molecular formula is C17H17N3O. The zero-order valence-corrected chi connectivity index (χ0v) is 12.1. The molecule has 3 aromatic rings. The van der Waals surface area contributed by atoms with Crippen LogP contribution in [0.4, 0.5) is 5.95 Å². The molecule has 0 saturated carbocycles. The van der Waals surface area contributed by atoms with E-state index in [1.165, 1.54) is 16.3 Å². The molecule has 0 fully saturated rings. The van der Waals surface area contributed by atoms with E-state index in [0.29, 0.717) is 11.8 Å². The number of nitrogens with zero attached hydrogens (tertiary/aromatic N) is 2. The number of nitrogens with one attached hydrogen (secondary N) is 1. The van der Waals surface area contributed by atoms with Crippen LogP contribution in [0, 0.1) is 0 Å². The van der Waals surface area contributed by atoms with Gasteiger partial charge < -0.3 is 10.1 Å². The summed E-state index contributed by atoms with van der Waals surface area (Å²) in [5, 5.41) is 5.79. The highest BCUT2D eigenvalue weighted by atomic mass is 16.5. The van der Waals surface area contributed by atoms with Crippen molar-refractivity contribution in [3.05, 3.63) is 60.3 Å². The number of hydrogen-bond acceptors (Lipinski definition) is 4. The second-order valence-corrected chi connectivity index (χ2v) is 4.86. The van der Waals surface area contributed by atoms with E-state index in [0.717, 1.165) is 0 Å². The Kier molecular flexibility index (Phi) is 3.69. The van der Waals surface area contributed by atoms with Crippen LogP contribution in [0.3, 0.4) is 0 Å². The number of aromatic nitrogens is 2. The van der Waals surface area contributed by atoms with Crippen molar-refractivity contribution in [3.8, 4) is 5.88 Å². The van der Waals surface area contributed by atoms with Gasteiger partial charge in [-0.25, -0.2) is 4.98 Å². The Labute approximate surface area is 123 Å². The first kappa shape index (κ1) is 13.4. The quantitative estimate of drug-likeness (QED) is 0.789. The number of fused-ring (bicyclic) bond motifs is 1. The average Bonchev–Trinajstić information content (AvgIpc) is 2.54. The highest BCUT2D eigenvalue weighted by Crippen LogP contribution is 2.26. The van der Waals surface area contributed by atoms with Gasteiger partial charge in [-0.15, -0.1) is 0 Å². The van der Waals surface area contributed by atoms with Gasteiger partial charge >= 0.3 is 0 Å². The van der Waals surface area contributed by atoms with Crippen molar-refractivity contribution in [3.63, 3.8) is 0 Å². The smallest absolute Gasteiger partial charge is 0.226 e. The molecule has 1 atom stereocenters. The summed E-state index contributed by atoms with van der Waals surface area (Å²) in [6.45, 7) is 2.10. The molecule has 0 radical (unpaired) electrons. The second kappa shape index (κ2) is 5.79. The maximum Gasteiger partial charge on any atom is 0.226 e. The molecule has 0 aliphatic heterocycles. The lowest BCUT2D eigenvalue weighted by molar-refractivity contribution is 0.397. The third-order valence-electron chi connectivity index (χ3n) is 3.47. The molecular weight excluding hydrogens is 262 g/mol. The largest absolute Gasteiger partial charge is 0.481 e. The highest BCUT2D eigenvalue weighted by molar-refractivity contribution is 5.86. The molecule has 4 nitrogen and oxygen atoms in total. The summed E-state index contributed by atoms with van der Waals surface area (Å²) in [4.78, 5) is 8.52. The van der Waals surface area contributed by atoms with Crippen LogP contribution in [0.25, 0.3) is 10.8 Å². The monoisotopic (exact) mass is 279 g/mol. The number of rotatable bonds is 4. The standard InChI is InChI=1S/C17H17N3O/c1-12(19-17-18-11-10-16(20-17)21-2)14-9-5-7-13-6-3-4-8-15(13)14/h3-12H,1-2H3,(H,18,19,20)/t12-/m1/s1. The Morgan fingerprint density at radius 2 is 1.86 bits per heavy atom. The van der Waals surface area contributed by atoms with E-state index >= 15 is 0 Å². The summed E-state index contributed by atoms with van der Waals surface area (Å²) < 4.78 is 5.12. The summed E-state index contributed by atoms with van der Waals surface area (Å²) >= 11 is 0. The topological polar surface area (TPSA) is 47.0 Å². The molecule has 1 N–H and O–H groups in total. The first-order valence-electron chi connectivity index (χ1n) is 6.89. The predicted octanol–water partition coefficient (Wildman–Crippen LogP) is 3.81. The SMILES string of the molecule is COc1ccnc(N[C@H](C)c2cccc3ccccc23)n1. The zero-order chi connectivity index (χ0) is 14.7. The number of anilines is 1. The molecule has 0 spiro atoms. The molecule has 1 aromatic heterocycles. The maximum atomic E-state index is 5.12. The zero-order valence-electron chi connectivity index (χ0n) is 12.1. The molecule has 2 aromatic carbocycles. The van der Waals surface area contributed by atoms with Crippen molar-refractivity contribution in [2.75, 3.05) is 12.4 Å². The maximum absolute atomic E-state index is 5.12. The van der Waals surface area contributed by atoms with Crippen molar-refractivity contribution in [2.45, 2.75) is 13.0 Å². The first-order chi connectivity index (χ1) is 10.3. The second-order valence-electron chi connectivity index (χ2n) is 4.86. The summed E-state index contributed by atoms with van der Waals surface area (Å²) in [6.07, 6.45) is 1.68. The van der Waals surface area contributed by atoms with Crippen LogP contribution in [0.5, 0.6) is 5.88 Å². The Morgan fingerprint density at radius 3 is 2.71 bits per heavy atom. The minimum atomic E-state index is 0.100. The molecule has 0 aliphatic carbocycles. The summed E-state index contributed by atoms with van der Waals surface area (Å²) in [6, 6.07) is 16.5. The van der Waals surface area contributed by atoms with E-state index in [1.807, 2.05) is 0 Å². The van der Waals surface area contributed by atoms with Gasteiger partial charge in [-0.1, -0.05) is 42.5 Å². The molecule has 0 aliphatic rings. The molecule has 0 amide bonds. The predicted molar refractivity (Wildman–Crippen MR) is 84.6 cm³/mol. The van der Waals surface area contributed by atoms with Crippen molar-refractivity contribution in [2.24, 2.45) is 0 Å². The van der Waals surface area contributed by atoms with Gasteiger partial charge in [0.05, 0.1) is 13.2 Å². The van der Waals surface area contributed by atoms with Crippen LogP contribution in [0.15, 0.2) is 54.7 Å². The molecule has 3 rings (SSSR count). The van der Waals surface area contributed by atoms with Crippen LogP contribution in [-0.4, -0.2) is 17.1 Å². The molecule has 106 valence electrons. The lowest BCUT2D eigenvalue weighted by Gasteiger charge is -2.16. The molecule has 0 unspecified atom stereocenters. The lowest BCUT2D eigenvalue weighted by atomic mass is 10.00. The van der Waals surface area contributed by atoms with E-state index in [2.05, 4.69) is 64.7 Å². The van der Waals surface area contributed by atoms with Gasteiger partial charge in [-0.3, -0.25) is 0 Å². The molecule has 21 heavy (non-hydrogen) atoms. The minimum Gasteiger partial charge on any atom is -0.481 e. The fourth-order valence-corrected chi connectivity index (χ4v) is 2.42. The van der Waals surface area contributed by atoms with E-state index in [1.54, 1.807) is 19.4 Å². The Hall–Kier alpha value is -2.62. The van der Waals surface area contributed by atoms with Gasteiger partial charge in [0.2, 0.25) is 11.8 Å². The molecule has 0 saturated heterocycles. The van der Waals surface area contributed by atoms with Gasteiger partial charge in [-0.2, -0.15) is 4.98 Å². The Balaban J connectivity index is 1.91. The fraction of sp³-hybridized carbons (Fsp3) is 0.176. The molecule has 4 heteroatoms.